The molecule has 1 saturated heterocycles. The predicted molar refractivity (Wildman–Crippen MR) is 86.4 cm³/mol. The van der Waals surface area contributed by atoms with Gasteiger partial charge in [0.25, 0.3) is 0 Å². The second kappa shape index (κ2) is 6.41. The van der Waals surface area contributed by atoms with Crippen molar-refractivity contribution >= 4 is 16.6 Å². The van der Waals surface area contributed by atoms with Crippen LogP contribution in [0.3, 0.4) is 0 Å². The van der Waals surface area contributed by atoms with Crippen LogP contribution in [0.15, 0.2) is 30.5 Å². The van der Waals surface area contributed by atoms with E-state index in [0.29, 0.717) is 12.5 Å². The van der Waals surface area contributed by atoms with Crippen LogP contribution in [0.2, 0.25) is 0 Å². The Labute approximate surface area is 125 Å². The molecule has 0 spiro atoms. The van der Waals surface area contributed by atoms with E-state index in [0.717, 1.165) is 43.7 Å². The molecule has 1 aromatic heterocycles. The number of nitrogens with zero attached hydrogens (tertiary/aromatic N) is 2. The highest BCUT2D eigenvalue weighted by Gasteiger charge is 2.18. The second-order valence-electron chi connectivity index (χ2n) is 5.79. The van der Waals surface area contributed by atoms with E-state index in [1.54, 1.807) is 0 Å². The van der Waals surface area contributed by atoms with Gasteiger partial charge in [-0.25, -0.2) is 0 Å². The third kappa shape index (κ3) is 3.01. The van der Waals surface area contributed by atoms with Crippen LogP contribution >= 0.6 is 0 Å². The zero-order valence-electron chi connectivity index (χ0n) is 12.6. The van der Waals surface area contributed by atoms with E-state index < -0.39 is 0 Å². The number of fused-ring (bicyclic) bond motifs is 1. The minimum absolute atomic E-state index is 0.519. The number of ether oxygens (including phenoxy) is 1. The monoisotopic (exact) mass is 285 g/mol. The van der Waals surface area contributed by atoms with Crippen LogP contribution < -0.4 is 10.6 Å². The first-order valence-corrected chi connectivity index (χ1v) is 7.65. The molecular weight excluding hydrogens is 262 g/mol. The van der Waals surface area contributed by atoms with Crippen molar-refractivity contribution in [3.8, 4) is 0 Å². The Morgan fingerprint density at radius 3 is 2.81 bits per heavy atom. The molecule has 0 radical (unpaired) electrons. The molecule has 0 unspecified atom stereocenters. The van der Waals surface area contributed by atoms with Gasteiger partial charge in [0.15, 0.2) is 0 Å². The number of aromatic nitrogens is 1. The molecule has 4 heteroatoms. The Bertz CT molecular complexity index is 608. The predicted octanol–water partition coefficient (Wildman–Crippen LogP) is 2.56. The average molecular weight is 285 g/mol. The molecule has 4 nitrogen and oxygen atoms in total. The number of hydrogen-bond acceptors (Lipinski definition) is 4. The lowest BCUT2D eigenvalue weighted by atomic mass is 9.99. The Hall–Kier alpha value is -1.65. The summed E-state index contributed by atoms with van der Waals surface area (Å²) in [4.78, 5) is 6.86. The summed E-state index contributed by atoms with van der Waals surface area (Å²) >= 11 is 0. The summed E-state index contributed by atoms with van der Waals surface area (Å²) in [5.74, 6) is 0.696. The van der Waals surface area contributed by atoms with Gasteiger partial charge in [0.1, 0.15) is 0 Å². The molecule has 0 saturated carbocycles. The van der Waals surface area contributed by atoms with Gasteiger partial charge >= 0.3 is 0 Å². The summed E-state index contributed by atoms with van der Waals surface area (Å²) in [6, 6.07) is 8.29. The highest BCUT2D eigenvalue weighted by atomic mass is 16.5. The normalized spacial score (nSPS) is 16.3. The summed E-state index contributed by atoms with van der Waals surface area (Å²) in [5, 5.41) is 1.19. The highest BCUT2D eigenvalue weighted by Crippen LogP contribution is 2.30. The van der Waals surface area contributed by atoms with Crippen molar-refractivity contribution in [1.82, 2.24) is 4.98 Å². The third-order valence-corrected chi connectivity index (χ3v) is 4.30. The Balaban J connectivity index is 1.93. The maximum Gasteiger partial charge on any atom is 0.0723 e. The molecule has 1 aliphatic rings. The first kappa shape index (κ1) is 14.3. The third-order valence-electron chi connectivity index (χ3n) is 4.30. The minimum atomic E-state index is 0.519. The van der Waals surface area contributed by atoms with Gasteiger partial charge in [-0.1, -0.05) is 18.2 Å². The fourth-order valence-corrected chi connectivity index (χ4v) is 3.18. The van der Waals surface area contributed by atoms with Crippen molar-refractivity contribution in [2.75, 3.05) is 31.7 Å². The molecule has 1 aliphatic heterocycles. The zero-order chi connectivity index (χ0) is 14.7. The van der Waals surface area contributed by atoms with Crippen LogP contribution in [0.25, 0.3) is 10.9 Å². The molecule has 112 valence electrons. The van der Waals surface area contributed by atoms with Gasteiger partial charge < -0.3 is 15.4 Å². The van der Waals surface area contributed by atoms with E-state index in [2.05, 4.69) is 35.1 Å². The first-order valence-electron chi connectivity index (χ1n) is 7.65. The number of para-hydroxylation sites is 1. The summed E-state index contributed by atoms with van der Waals surface area (Å²) in [6.07, 6.45) is 4.20. The maximum absolute atomic E-state index is 5.93. The molecule has 2 heterocycles. The summed E-state index contributed by atoms with van der Waals surface area (Å²) in [6.45, 7) is 3.34. The van der Waals surface area contributed by atoms with Crippen LogP contribution in [0, 0.1) is 5.92 Å². The smallest absolute Gasteiger partial charge is 0.0723 e. The molecule has 2 aromatic rings. The van der Waals surface area contributed by atoms with Gasteiger partial charge in [-0.3, -0.25) is 4.98 Å². The molecule has 0 atom stereocenters. The SMILES string of the molecule is CN(CC1CCOCC1)c1c(CN)cnc2ccccc12. The molecule has 0 bridgehead atoms. The number of anilines is 1. The maximum atomic E-state index is 5.93. The lowest BCUT2D eigenvalue weighted by Crippen LogP contribution is -2.30. The second-order valence-corrected chi connectivity index (χ2v) is 5.79. The number of benzene rings is 1. The van der Waals surface area contributed by atoms with Gasteiger partial charge in [-0.05, 0) is 24.8 Å². The summed E-state index contributed by atoms with van der Waals surface area (Å²) in [7, 11) is 2.16. The van der Waals surface area contributed by atoms with Crippen molar-refractivity contribution in [1.29, 1.82) is 0 Å². The Morgan fingerprint density at radius 1 is 1.29 bits per heavy atom. The lowest BCUT2D eigenvalue weighted by molar-refractivity contribution is 0.0685. The topological polar surface area (TPSA) is 51.4 Å². The largest absolute Gasteiger partial charge is 0.381 e. The van der Waals surface area contributed by atoms with Gasteiger partial charge in [-0.15, -0.1) is 0 Å². The zero-order valence-corrected chi connectivity index (χ0v) is 12.6. The molecule has 0 aliphatic carbocycles. The van der Waals surface area contributed by atoms with Crippen molar-refractivity contribution in [2.24, 2.45) is 11.7 Å². The summed E-state index contributed by atoms with van der Waals surface area (Å²) in [5.41, 5.74) is 9.30. The van der Waals surface area contributed by atoms with Crippen molar-refractivity contribution < 1.29 is 4.74 Å². The van der Waals surface area contributed by atoms with E-state index in [1.165, 1.54) is 11.1 Å². The van der Waals surface area contributed by atoms with Gasteiger partial charge in [-0.2, -0.15) is 0 Å². The van der Waals surface area contributed by atoms with E-state index in [9.17, 15) is 0 Å². The first-order chi connectivity index (χ1) is 10.3. The fourth-order valence-electron chi connectivity index (χ4n) is 3.18. The fraction of sp³-hybridized carbons (Fsp3) is 0.471. The molecule has 1 aromatic carbocycles. The minimum Gasteiger partial charge on any atom is -0.381 e. The lowest BCUT2D eigenvalue weighted by Gasteiger charge is -2.30. The quantitative estimate of drug-likeness (QED) is 0.938. The van der Waals surface area contributed by atoms with Crippen molar-refractivity contribution in [2.45, 2.75) is 19.4 Å². The van der Waals surface area contributed by atoms with Gasteiger partial charge in [0.2, 0.25) is 0 Å². The molecule has 1 fully saturated rings. The molecule has 21 heavy (non-hydrogen) atoms. The standard InChI is InChI=1S/C17H23N3O/c1-20(12-13-6-8-21-9-7-13)17-14(10-18)11-19-16-5-3-2-4-15(16)17/h2-5,11,13H,6-10,12,18H2,1H3. The number of nitrogens with two attached hydrogens (primary N) is 1. The van der Waals surface area contributed by atoms with Crippen LogP contribution in [0.1, 0.15) is 18.4 Å². The van der Waals surface area contributed by atoms with Crippen molar-refractivity contribution in [3.05, 3.63) is 36.0 Å². The molecule has 3 rings (SSSR count). The van der Waals surface area contributed by atoms with Gasteiger partial charge in [0.05, 0.1) is 11.2 Å². The van der Waals surface area contributed by atoms with E-state index in [4.69, 9.17) is 10.5 Å². The Kier molecular flexibility index (Phi) is 4.36. The van der Waals surface area contributed by atoms with Crippen LogP contribution in [-0.2, 0) is 11.3 Å². The molecular formula is C17H23N3O. The van der Waals surface area contributed by atoms with Crippen molar-refractivity contribution in [3.63, 3.8) is 0 Å². The van der Waals surface area contributed by atoms with Crippen LogP contribution in [0.5, 0.6) is 0 Å². The molecule has 2 N–H and O–H groups in total. The molecule has 0 amide bonds. The van der Waals surface area contributed by atoms with Gasteiger partial charge in [0, 0.05) is 50.5 Å². The van der Waals surface area contributed by atoms with Crippen LogP contribution in [0.4, 0.5) is 5.69 Å². The number of pyridine rings is 1. The number of hydrogen-bond donors (Lipinski definition) is 1. The van der Waals surface area contributed by atoms with E-state index in [1.807, 2.05) is 12.3 Å². The average Bonchev–Trinajstić information content (AvgIpc) is 2.54. The Morgan fingerprint density at radius 2 is 2.05 bits per heavy atom. The number of rotatable bonds is 4. The summed E-state index contributed by atoms with van der Waals surface area (Å²) < 4.78 is 5.45. The van der Waals surface area contributed by atoms with E-state index >= 15 is 0 Å². The van der Waals surface area contributed by atoms with E-state index in [-0.39, 0.29) is 0 Å². The van der Waals surface area contributed by atoms with Crippen LogP contribution in [-0.4, -0.2) is 31.8 Å². The highest BCUT2D eigenvalue weighted by molar-refractivity contribution is 5.93.